The zero-order chi connectivity index (χ0) is 8.97. The van der Waals surface area contributed by atoms with Gasteiger partial charge in [-0.2, -0.15) is 0 Å². The van der Waals surface area contributed by atoms with Crippen molar-refractivity contribution in [3.05, 3.63) is 0 Å². The molecule has 0 N–H and O–H groups in total. The van der Waals surface area contributed by atoms with Gasteiger partial charge in [0.15, 0.2) is 0 Å². The summed E-state index contributed by atoms with van der Waals surface area (Å²) in [5.41, 5.74) is 0. The minimum atomic E-state index is -0.679. The van der Waals surface area contributed by atoms with Crippen molar-refractivity contribution in [1.29, 1.82) is 0 Å². The molecular weight excluding hydrogens is 261 g/mol. The van der Waals surface area contributed by atoms with Crippen LogP contribution in [0.3, 0.4) is 0 Å². The maximum atomic E-state index is 2.82. The zero-order valence-electron chi connectivity index (χ0n) is 8.65. The standard InChI is InChI=1S/C10H22IN/c1-4-10(3)11-8-6-7-9-12(11)5-2/h10H,4-9H2,1-3H3/t10-/m0/s1. The minimum absolute atomic E-state index is 0.679. The summed E-state index contributed by atoms with van der Waals surface area (Å²) in [5.74, 6) is 0. The summed E-state index contributed by atoms with van der Waals surface area (Å²) in [7, 11) is 0. The van der Waals surface area contributed by atoms with E-state index in [1.807, 2.05) is 0 Å². The van der Waals surface area contributed by atoms with Gasteiger partial charge in [0.2, 0.25) is 0 Å². The Balaban J connectivity index is 2.46. The summed E-state index contributed by atoms with van der Waals surface area (Å²) in [6.07, 6.45) is 4.38. The van der Waals surface area contributed by atoms with Gasteiger partial charge >= 0.3 is 84.7 Å². The van der Waals surface area contributed by atoms with Crippen LogP contribution >= 0.6 is 20.1 Å². The fraction of sp³-hybridized carbons (Fsp3) is 1.00. The van der Waals surface area contributed by atoms with Crippen LogP contribution in [0.2, 0.25) is 0 Å². The van der Waals surface area contributed by atoms with E-state index in [0.717, 1.165) is 3.92 Å². The Morgan fingerprint density at radius 2 is 2.08 bits per heavy atom. The second-order valence-corrected chi connectivity index (χ2v) is 10.1. The predicted molar refractivity (Wildman–Crippen MR) is 65.1 cm³/mol. The second kappa shape index (κ2) is 5.43. The van der Waals surface area contributed by atoms with Crippen molar-refractivity contribution in [2.75, 3.05) is 17.5 Å². The van der Waals surface area contributed by atoms with Crippen LogP contribution in [-0.2, 0) is 0 Å². The third-order valence-corrected chi connectivity index (χ3v) is 10.7. The molecule has 1 heterocycles. The molecule has 0 aromatic rings. The van der Waals surface area contributed by atoms with Crippen LogP contribution in [0.25, 0.3) is 0 Å². The summed E-state index contributed by atoms with van der Waals surface area (Å²) < 4.78 is 5.46. The van der Waals surface area contributed by atoms with Gasteiger partial charge in [0, 0.05) is 0 Å². The first-order chi connectivity index (χ1) is 5.79. The van der Waals surface area contributed by atoms with E-state index >= 15 is 0 Å². The summed E-state index contributed by atoms with van der Waals surface area (Å²) in [6.45, 7) is 9.88. The number of alkyl halides is 2. The fourth-order valence-electron chi connectivity index (χ4n) is 1.65. The van der Waals surface area contributed by atoms with E-state index < -0.39 is 20.1 Å². The van der Waals surface area contributed by atoms with Crippen LogP contribution in [0.5, 0.6) is 0 Å². The van der Waals surface area contributed by atoms with Gasteiger partial charge in [-0.1, -0.05) is 0 Å². The van der Waals surface area contributed by atoms with E-state index in [1.54, 1.807) is 4.43 Å². The first-order valence-corrected chi connectivity index (χ1v) is 8.92. The van der Waals surface area contributed by atoms with Gasteiger partial charge in [0.25, 0.3) is 0 Å². The molecule has 0 radical (unpaired) electrons. The van der Waals surface area contributed by atoms with Gasteiger partial charge in [-0.05, 0) is 0 Å². The Morgan fingerprint density at radius 1 is 1.33 bits per heavy atom. The third-order valence-electron chi connectivity index (χ3n) is 2.62. The monoisotopic (exact) mass is 283 g/mol. The van der Waals surface area contributed by atoms with Gasteiger partial charge in [-0.25, -0.2) is 0 Å². The molecule has 0 aliphatic carbocycles. The van der Waals surface area contributed by atoms with Crippen molar-refractivity contribution >= 4 is 20.1 Å². The topological polar surface area (TPSA) is 3.24 Å². The molecule has 0 aromatic heterocycles. The molecule has 1 fully saturated rings. The van der Waals surface area contributed by atoms with Crippen LogP contribution in [-0.4, -0.2) is 24.6 Å². The molecule has 2 heteroatoms. The summed E-state index contributed by atoms with van der Waals surface area (Å²) in [4.78, 5) is 0. The van der Waals surface area contributed by atoms with Crippen LogP contribution in [0.4, 0.5) is 0 Å². The fourth-order valence-corrected chi connectivity index (χ4v) is 8.92. The molecule has 1 saturated heterocycles. The van der Waals surface area contributed by atoms with Crippen molar-refractivity contribution in [2.45, 2.75) is 44.0 Å². The molecule has 1 aliphatic heterocycles. The van der Waals surface area contributed by atoms with Crippen molar-refractivity contribution in [1.82, 2.24) is 3.11 Å². The number of hydrogen-bond acceptors (Lipinski definition) is 1. The molecule has 0 saturated carbocycles. The van der Waals surface area contributed by atoms with E-state index in [2.05, 4.69) is 23.9 Å². The molecule has 0 amide bonds. The maximum absolute atomic E-state index is 2.82. The molecule has 0 spiro atoms. The van der Waals surface area contributed by atoms with Crippen molar-refractivity contribution in [3.8, 4) is 0 Å². The molecule has 0 unspecified atom stereocenters. The van der Waals surface area contributed by atoms with E-state index in [-0.39, 0.29) is 0 Å². The van der Waals surface area contributed by atoms with Crippen molar-refractivity contribution < 1.29 is 0 Å². The van der Waals surface area contributed by atoms with Gasteiger partial charge in [-0.15, -0.1) is 0 Å². The Bertz CT molecular complexity index is 127. The van der Waals surface area contributed by atoms with Crippen LogP contribution < -0.4 is 0 Å². The summed E-state index contributed by atoms with van der Waals surface area (Å²) in [5, 5.41) is 0. The molecule has 0 bridgehead atoms. The van der Waals surface area contributed by atoms with Crippen LogP contribution in [0.15, 0.2) is 0 Å². The first-order valence-electron chi connectivity index (χ1n) is 5.19. The van der Waals surface area contributed by atoms with E-state index in [1.165, 1.54) is 32.4 Å². The predicted octanol–water partition coefficient (Wildman–Crippen LogP) is 3.32. The molecule has 1 aliphatic rings. The van der Waals surface area contributed by atoms with Crippen LogP contribution in [0, 0.1) is 0 Å². The quantitative estimate of drug-likeness (QED) is 0.436. The number of nitrogens with zero attached hydrogens (tertiary/aromatic N) is 1. The average molecular weight is 283 g/mol. The van der Waals surface area contributed by atoms with Gasteiger partial charge in [0.1, 0.15) is 0 Å². The zero-order valence-corrected chi connectivity index (χ0v) is 10.8. The van der Waals surface area contributed by atoms with E-state index in [9.17, 15) is 0 Å². The molecule has 1 atom stereocenters. The van der Waals surface area contributed by atoms with E-state index in [4.69, 9.17) is 0 Å². The summed E-state index contributed by atoms with van der Waals surface area (Å²) >= 11 is -0.679. The number of rotatable bonds is 3. The van der Waals surface area contributed by atoms with Gasteiger partial charge < -0.3 is 0 Å². The normalized spacial score (nSPS) is 25.8. The third kappa shape index (κ3) is 2.59. The number of hydrogen-bond donors (Lipinski definition) is 0. The molecular formula is C10H22IN. The van der Waals surface area contributed by atoms with Crippen molar-refractivity contribution in [2.24, 2.45) is 0 Å². The average Bonchev–Trinajstić information content (AvgIpc) is 2.16. The Hall–Kier alpha value is 0.690. The van der Waals surface area contributed by atoms with E-state index in [0.29, 0.717) is 0 Å². The molecule has 12 heavy (non-hydrogen) atoms. The number of halogens is 1. The van der Waals surface area contributed by atoms with Gasteiger partial charge in [-0.3, -0.25) is 0 Å². The molecule has 1 rings (SSSR count). The molecule has 1 nitrogen and oxygen atoms in total. The second-order valence-electron chi connectivity index (χ2n) is 3.46. The molecule has 74 valence electrons. The summed E-state index contributed by atoms with van der Waals surface area (Å²) in [6, 6.07) is 0. The van der Waals surface area contributed by atoms with Gasteiger partial charge in [0.05, 0.1) is 0 Å². The first kappa shape index (κ1) is 10.8. The SMILES string of the molecule is CC[C@H](C)I1CCCCN1CC. The molecule has 0 aromatic carbocycles. The van der Waals surface area contributed by atoms with Crippen molar-refractivity contribution in [3.63, 3.8) is 0 Å². The Labute approximate surface area is 84.6 Å². The van der Waals surface area contributed by atoms with Crippen LogP contribution in [0.1, 0.15) is 40.0 Å². The Kier molecular flexibility index (Phi) is 4.87. The Morgan fingerprint density at radius 3 is 2.67 bits per heavy atom.